The van der Waals surface area contributed by atoms with E-state index in [4.69, 9.17) is 0 Å². The van der Waals surface area contributed by atoms with Crippen LogP contribution < -0.4 is 5.32 Å². The van der Waals surface area contributed by atoms with E-state index in [0.717, 1.165) is 27.7 Å². The maximum absolute atomic E-state index is 12.1. The number of carbonyl (C=O) groups is 2. The quantitative estimate of drug-likeness (QED) is 0.710. The van der Waals surface area contributed by atoms with Gasteiger partial charge in [-0.15, -0.1) is 0 Å². The molecule has 5 heteroatoms. The molecule has 1 amide bonds. The van der Waals surface area contributed by atoms with Crippen LogP contribution in [0.3, 0.4) is 0 Å². The summed E-state index contributed by atoms with van der Waals surface area (Å²) in [7, 11) is 1.58. The van der Waals surface area contributed by atoms with Crippen LogP contribution in [0.2, 0.25) is 0 Å². The molecule has 0 aliphatic heterocycles. The minimum atomic E-state index is -0.205. The zero-order valence-electron chi connectivity index (χ0n) is 13.3. The number of ketones is 1. The highest BCUT2D eigenvalue weighted by atomic mass is 16.1. The molecule has 0 saturated carbocycles. The van der Waals surface area contributed by atoms with Crippen molar-refractivity contribution in [2.45, 2.75) is 6.42 Å². The van der Waals surface area contributed by atoms with Crippen LogP contribution in [0.1, 0.15) is 15.9 Å². The van der Waals surface area contributed by atoms with Gasteiger partial charge in [-0.3, -0.25) is 14.7 Å². The van der Waals surface area contributed by atoms with Crippen LogP contribution in [0, 0.1) is 0 Å². The molecular formula is C19H17N3O2. The highest BCUT2D eigenvalue weighted by Crippen LogP contribution is 2.28. The zero-order valence-corrected chi connectivity index (χ0v) is 13.3. The average molecular weight is 319 g/mol. The lowest BCUT2D eigenvalue weighted by Gasteiger charge is -2.07. The molecule has 0 atom stereocenters. The largest absolute Gasteiger partial charge is 0.355 e. The van der Waals surface area contributed by atoms with E-state index in [1.54, 1.807) is 19.2 Å². The van der Waals surface area contributed by atoms with Gasteiger partial charge < -0.3 is 5.32 Å². The number of para-hydroxylation sites is 1. The van der Waals surface area contributed by atoms with E-state index in [0.29, 0.717) is 5.56 Å². The molecule has 0 unspecified atom stereocenters. The zero-order chi connectivity index (χ0) is 17.1. The lowest BCUT2D eigenvalue weighted by molar-refractivity contribution is -0.114. The van der Waals surface area contributed by atoms with Crippen LogP contribution in [-0.4, -0.2) is 28.9 Å². The van der Waals surface area contributed by atoms with Gasteiger partial charge in [-0.05, 0) is 35.9 Å². The Balaban J connectivity index is 2.15. The molecule has 0 saturated heterocycles. The number of benzene rings is 2. The number of amides is 1. The minimum Gasteiger partial charge on any atom is -0.355 e. The van der Waals surface area contributed by atoms with Crippen LogP contribution in [0.5, 0.6) is 0 Å². The minimum absolute atomic E-state index is 0.0955. The van der Waals surface area contributed by atoms with E-state index in [9.17, 15) is 9.59 Å². The smallest absolute Gasteiger partial charge is 0.251 e. The summed E-state index contributed by atoms with van der Waals surface area (Å²) < 4.78 is 0. The molecule has 0 spiro atoms. The van der Waals surface area contributed by atoms with Crippen LogP contribution in [0.15, 0.2) is 55.1 Å². The van der Waals surface area contributed by atoms with Gasteiger partial charge in [0.2, 0.25) is 0 Å². The predicted molar refractivity (Wildman–Crippen MR) is 93.8 cm³/mol. The molecule has 5 nitrogen and oxygen atoms in total. The normalized spacial score (nSPS) is 10.5. The lowest BCUT2D eigenvalue weighted by Crippen LogP contribution is -2.18. The van der Waals surface area contributed by atoms with E-state index >= 15 is 0 Å². The Morgan fingerprint density at radius 1 is 1.25 bits per heavy atom. The van der Waals surface area contributed by atoms with Gasteiger partial charge >= 0.3 is 0 Å². The molecule has 0 aliphatic carbocycles. The number of nitrogens with one attached hydrogen (secondary N) is 2. The molecule has 0 aliphatic rings. The standard InChI is InChI=1S/C19H17N3O2/c1-3-15(23)10-12-8-13(11-14(9-12)19(24)20-2)18-16-6-4-5-7-17(16)21-22-18/h3-9,11H,1,10H2,2H3,(H,20,24)(H,21,22). The summed E-state index contributed by atoms with van der Waals surface area (Å²) in [6, 6.07) is 13.2. The van der Waals surface area contributed by atoms with Crippen LogP contribution >= 0.6 is 0 Å². The van der Waals surface area contributed by atoms with Crippen LogP contribution in [0.4, 0.5) is 0 Å². The Kier molecular flexibility index (Phi) is 4.24. The average Bonchev–Trinajstić information content (AvgIpc) is 3.04. The topological polar surface area (TPSA) is 74.8 Å². The Morgan fingerprint density at radius 3 is 2.79 bits per heavy atom. The molecule has 0 fully saturated rings. The summed E-state index contributed by atoms with van der Waals surface area (Å²) in [4.78, 5) is 23.8. The summed E-state index contributed by atoms with van der Waals surface area (Å²) in [5.74, 6) is -0.300. The van der Waals surface area contributed by atoms with Crippen molar-refractivity contribution in [1.29, 1.82) is 0 Å². The first kappa shape index (κ1) is 15.7. The van der Waals surface area contributed by atoms with E-state index in [2.05, 4.69) is 22.1 Å². The van der Waals surface area contributed by atoms with Crippen molar-refractivity contribution in [1.82, 2.24) is 15.5 Å². The van der Waals surface area contributed by atoms with Gasteiger partial charge in [0.1, 0.15) is 0 Å². The van der Waals surface area contributed by atoms with Crippen LogP contribution in [0.25, 0.3) is 22.2 Å². The molecule has 3 aromatic rings. The fourth-order valence-electron chi connectivity index (χ4n) is 2.66. The highest BCUT2D eigenvalue weighted by Gasteiger charge is 2.13. The molecule has 2 aromatic carbocycles. The SMILES string of the molecule is C=CC(=O)Cc1cc(C(=O)NC)cc(-c2n[nH]c3ccccc23)c1. The second-order valence-corrected chi connectivity index (χ2v) is 5.46. The van der Waals surface area contributed by atoms with Crippen molar-refractivity contribution in [3.8, 4) is 11.3 Å². The predicted octanol–water partition coefficient (Wildman–Crippen LogP) is 2.89. The van der Waals surface area contributed by atoms with Gasteiger partial charge in [0, 0.05) is 30.0 Å². The first-order chi connectivity index (χ1) is 11.6. The van der Waals surface area contributed by atoms with Crippen LogP contribution in [-0.2, 0) is 11.2 Å². The van der Waals surface area contributed by atoms with Gasteiger partial charge in [-0.2, -0.15) is 5.10 Å². The number of hydrogen-bond donors (Lipinski definition) is 2. The molecular weight excluding hydrogens is 302 g/mol. The van der Waals surface area contributed by atoms with E-state index in [1.807, 2.05) is 30.3 Å². The number of aromatic amines is 1. The van der Waals surface area contributed by atoms with Crippen molar-refractivity contribution in [2.75, 3.05) is 7.05 Å². The molecule has 1 aromatic heterocycles. The second kappa shape index (κ2) is 6.50. The van der Waals surface area contributed by atoms with Gasteiger partial charge in [0.05, 0.1) is 11.2 Å². The van der Waals surface area contributed by atoms with Crippen molar-refractivity contribution in [3.05, 3.63) is 66.2 Å². The van der Waals surface area contributed by atoms with Gasteiger partial charge in [0.25, 0.3) is 5.91 Å². The summed E-state index contributed by atoms with van der Waals surface area (Å²) in [6.45, 7) is 3.50. The van der Waals surface area contributed by atoms with Gasteiger partial charge in [-0.25, -0.2) is 0 Å². The third-order valence-corrected chi connectivity index (χ3v) is 3.83. The third-order valence-electron chi connectivity index (χ3n) is 3.83. The summed E-state index contributed by atoms with van der Waals surface area (Å²) in [5.41, 5.74) is 3.71. The molecule has 3 rings (SSSR count). The fourth-order valence-corrected chi connectivity index (χ4v) is 2.66. The highest BCUT2D eigenvalue weighted by molar-refractivity contribution is 5.99. The summed E-state index contributed by atoms with van der Waals surface area (Å²) in [5, 5.41) is 10.9. The number of hydrogen-bond acceptors (Lipinski definition) is 3. The summed E-state index contributed by atoms with van der Waals surface area (Å²) >= 11 is 0. The number of aromatic nitrogens is 2. The van der Waals surface area contributed by atoms with Gasteiger partial charge in [0.15, 0.2) is 5.78 Å². The molecule has 0 bridgehead atoms. The first-order valence-corrected chi connectivity index (χ1v) is 7.57. The Morgan fingerprint density at radius 2 is 2.04 bits per heavy atom. The molecule has 0 radical (unpaired) electrons. The number of carbonyl (C=O) groups excluding carboxylic acids is 2. The molecule has 1 heterocycles. The van der Waals surface area contributed by atoms with E-state index < -0.39 is 0 Å². The van der Waals surface area contributed by atoms with Crippen molar-refractivity contribution in [2.24, 2.45) is 0 Å². The van der Waals surface area contributed by atoms with Crippen molar-refractivity contribution >= 4 is 22.6 Å². The third kappa shape index (κ3) is 2.96. The molecule has 120 valence electrons. The number of rotatable bonds is 5. The van der Waals surface area contributed by atoms with Crippen molar-refractivity contribution in [3.63, 3.8) is 0 Å². The Hall–Kier alpha value is -3.21. The molecule has 2 N–H and O–H groups in total. The molecule has 24 heavy (non-hydrogen) atoms. The maximum Gasteiger partial charge on any atom is 0.251 e. The van der Waals surface area contributed by atoms with E-state index in [1.165, 1.54) is 6.08 Å². The maximum atomic E-state index is 12.1. The first-order valence-electron chi connectivity index (χ1n) is 7.57. The number of H-pyrrole nitrogens is 1. The van der Waals surface area contributed by atoms with Gasteiger partial charge in [-0.1, -0.05) is 24.8 Å². The monoisotopic (exact) mass is 319 g/mol. The van der Waals surface area contributed by atoms with E-state index in [-0.39, 0.29) is 18.1 Å². The Bertz CT molecular complexity index is 941. The number of allylic oxidation sites excluding steroid dienone is 1. The van der Waals surface area contributed by atoms with Crippen molar-refractivity contribution < 1.29 is 9.59 Å². The lowest BCUT2D eigenvalue weighted by atomic mass is 9.98. The Labute approximate surface area is 139 Å². The number of nitrogens with zero attached hydrogens (tertiary/aromatic N) is 1. The summed E-state index contributed by atoms with van der Waals surface area (Å²) in [6.07, 6.45) is 1.49. The fraction of sp³-hybridized carbons (Fsp3) is 0.105. The number of fused-ring (bicyclic) bond motifs is 1. The second-order valence-electron chi connectivity index (χ2n) is 5.46.